The third-order valence-corrected chi connectivity index (χ3v) is 3.40. The Morgan fingerprint density at radius 3 is 2.33 bits per heavy atom. The van der Waals surface area contributed by atoms with E-state index in [4.69, 9.17) is 0 Å². The average Bonchev–Trinajstić information content (AvgIpc) is 2.48. The fourth-order valence-electron chi connectivity index (χ4n) is 2.35. The van der Waals surface area contributed by atoms with E-state index < -0.39 is 6.04 Å². The topological polar surface area (TPSA) is 49.4 Å². The Hall–Kier alpha value is -1.84. The minimum Gasteiger partial charge on any atom is -0.355 e. The summed E-state index contributed by atoms with van der Waals surface area (Å²) in [6.07, 6.45) is 1.88. The number of rotatable bonds is 8. The average molecular weight is 290 g/mol. The number of carbonyl (C=O) groups excluding carboxylic acids is 2. The summed E-state index contributed by atoms with van der Waals surface area (Å²) in [7, 11) is 0. The summed E-state index contributed by atoms with van der Waals surface area (Å²) in [5.74, 6) is -0.0279. The van der Waals surface area contributed by atoms with Crippen molar-refractivity contribution in [2.45, 2.75) is 52.6 Å². The Morgan fingerprint density at radius 1 is 1.14 bits per heavy atom. The number of hydrogen-bond donors (Lipinski definition) is 1. The van der Waals surface area contributed by atoms with Crippen molar-refractivity contribution in [3.8, 4) is 0 Å². The molecular formula is C17H26N2O2. The molecule has 0 heterocycles. The zero-order chi connectivity index (χ0) is 15.7. The van der Waals surface area contributed by atoms with E-state index in [2.05, 4.69) is 5.32 Å². The van der Waals surface area contributed by atoms with E-state index in [9.17, 15) is 9.59 Å². The molecule has 21 heavy (non-hydrogen) atoms. The van der Waals surface area contributed by atoms with Gasteiger partial charge in [0.05, 0.1) is 0 Å². The van der Waals surface area contributed by atoms with Crippen LogP contribution < -0.4 is 5.32 Å². The summed E-state index contributed by atoms with van der Waals surface area (Å²) in [6, 6.07) is 9.41. The molecule has 0 aliphatic rings. The van der Waals surface area contributed by atoms with Crippen LogP contribution in [0.1, 0.15) is 45.6 Å². The molecule has 2 amide bonds. The van der Waals surface area contributed by atoms with Crippen molar-refractivity contribution in [1.29, 1.82) is 0 Å². The zero-order valence-corrected chi connectivity index (χ0v) is 13.3. The molecule has 0 saturated heterocycles. The lowest BCUT2D eigenvalue weighted by Crippen LogP contribution is -2.48. The number of nitrogens with one attached hydrogen (secondary N) is 1. The SMILES string of the molecule is CCCC(=O)N(Cc1ccccc1)[C@H](CC)C(=O)NCC. The Bertz CT molecular complexity index is 445. The van der Waals surface area contributed by atoms with Gasteiger partial charge in [0.15, 0.2) is 0 Å². The number of carbonyl (C=O) groups is 2. The summed E-state index contributed by atoms with van der Waals surface area (Å²) < 4.78 is 0. The van der Waals surface area contributed by atoms with Gasteiger partial charge in [-0.2, -0.15) is 0 Å². The van der Waals surface area contributed by atoms with Crippen LogP contribution in [0.15, 0.2) is 30.3 Å². The van der Waals surface area contributed by atoms with Gasteiger partial charge in [0.1, 0.15) is 6.04 Å². The van der Waals surface area contributed by atoms with Crippen LogP contribution in [-0.2, 0) is 16.1 Å². The molecule has 0 unspecified atom stereocenters. The molecule has 1 aromatic rings. The number of nitrogens with zero attached hydrogens (tertiary/aromatic N) is 1. The van der Waals surface area contributed by atoms with Crippen LogP contribution in [-0.4, -0.2) is 29.3 Å². The third-order valence-electron chi connectivity index (χ3n) is 3.40. The van der Waals surface area contributed by atoms with Gasteiger partial charge in [-0.15, -0.1) is 0 Å². The van der Waals surface area contributed by atoms with Crippen LogP contribution in [0.2, 0.25) is 0 Å². The van der Waals surface area contributed by atoms with Crippen molar-refractivity contribution in [3.63, 3.8) is 0 Å². The summed E-state index contributed by atoms with van der Waals surface area (Å²) in [5.41, 5.74) is 1.05. The molecule has 1 rings (SSSR count). The Morgan fingerprint density at radius 2 is 1.81 bits per heavy atom. The van der Waals surface area contributed by atoms with E-state index >= 15 is 0 Å². The number of benzene rings is 1. The maximum absolute atomic E-state index is 12.4. The maximum atomic E-state index is 12.4. The third kappa shape index (κ3) is 5.21. The van der Waals surface area contributed by atoms with Crippen molar-refractivity contribution in [1.82, 2.24) is 10.2 Å². The van der Waals surface area contributed by atoms with Gasteiger partial charge in [0.25, 0.3) is 0 Å². The van der Waals surface area contributed by atoms with Gasteiger partial charge >= 0.3 is 0 Å². The molecule has 0 aromatic heterocycles. The fraction of sp³-hybridized carbons (Fsp3) is 0.529. The van der Waals surface area contributed by atoms with Gasteiger partial charge in [0, 0.05) is 19.5 Å². The monoisotopic (exact) mass is 290 g/mol. The summed E-state index contributed by atoms with van der Waals surface area (Å²) in [6.45, 7) is 6.87. The first kappa shape index (κ1) is 17.2. The van der Waals surface area contributed by atoms with Crippen molar-refractivity contribution in [2.75, 3.05) is 6.54 Å². The van der Waals surface area contributed by atoms with Crippen LogP contribution >= 0.6 is 0 Å². The molecule has 0 aliphatic carbocycles. The molecule has 1 aromatic carbocycles. The van der Waals surface area contributed by atoms with Crippen LogP contribution in [0.4, 0.5) is 0 Å². The first-order valence-corrected chi connectivity index (χ1v) is 7.75. The predicted octanol–water partition coefficient (Wildman–Crippen LogP) is 2.73. The van der Waals surface area contributed by atoms with Crippen molar-refractivity contribution in [2.24, 2.45) is 0 Å². The molecule has 0 saturated carbocycles. The molecule has 4 nitrogen and oxygen atoms in total. The van der Waals surface area contributed by atoms with Gasteiger partial charge in [-0.3, -0.25) is 9.59 Å². The summed E-state index contributed by atoms with van der Waals surface area (Å²) in [4.78, 5) is 26.3. The lowest BCUT2D eigenvalue weighted by Gasteiger charge is -2.30. The van der Waals surface area contributed by atoms with Gasteiger partial charge in [-0.25, -0.2) is 0 Å². The predicted molar refractivity (Wildman–Crippen MR) is 84.7 cm³/mol. The highest BCUT2D eigenvalue weighted by atomic mass is 16.2. The molecule has 0 radical (unpaired) electrons. The summed E-state index contributed by atoms with van der Waals surface area (Å²) in [5, 5.41) is 2.83. The molecular weight excluding hydrogens is 264 g/mol. The Kier molecular flexibility index (Phi) is 7.51. The number of amides is 2. The van der Waals surface area contributed by atoms with Crippen LogP contribution in [0, 0.1) is 0 Å². The minimum atomic E-state index is -0.399. The van der Waals surface area contributed by atoms with Crippen molar-refractivity contribution in [3.05, 3.63) is 35.9 Å². The largest absolute Gasteiger partial charge is 0.355 e. The maximum Gasteiger partial charge on any atom is 0.242 e. The molecule has 0 spiro atoms. The smallest absolute Gasteiger partial charge is 0.242 e. The highest BCUT2D eigenvalue weighted by Crippen LogP contribution is 2.14. The minimum absolute atomic E-state index is 0.0412. The van der Waals surface area contributed by atoms with Crippen LogP contribution in [0.5, 0.6) is 0 Å². The molecule has 116 valence electrons. The van der Waals surface area contributed by atoms with E-state index in [1.54, 1.807) is 4.90 Å². The standard InChI is InChI=1S/C17H26N2O2/c1-4-10-16(20)19(13-14-11-8-7-9-12-14)15(5-2)17(21)18-6-3/h7-9,11-12,15H,4-6,10,13H2,1-3H3,(H,18,21)/t15-/m1/s1. The highest BCUT2D eigenvalue weighted by Gasteiger charge is 2.27. The first-order chi connectivity index (χ1) is 10.1. The van der Waals surface area contributed by atoms with Crippen molar-refractivity contribution >= 4 is 11.8 Å². The molecule has 0 bridgehead atoms. The highest BCUT2D eigenvalue weighted by molar-refractivity contribution is 5.87. The van der Waals surface area contributed by atoms with E-state index in [1.807, 2.05) is 51.1 Å². The molecule has 0 fully saturated rings. The normalized spacial score (nSPS) is 11.8. The second kappa shape index (κ2) is 9.16. The van der Waals surface area contributed by atoms with Crippen molar-refractivity contribution < 1.29 is 9.59 Å². The van der Waals surface area contributed by atoms with Gasteiger partial charge in [-0.1, -0.05) is 44.2 Å². The molecule has 1 N–H and O–H groups in total. The second-order valence-corrected chi connectivity index (χ2v) is 5.08. The molecule has 1 atom stereocenters. The van der Waals surface area contributed by atoms with E-state index in [-0.39, 0.29) is 11.8 Å². The van der Waals surface area contributed by atoms with Gasteiger partial charge < -0.3 is 10.2 Å². The number of hydrogen-bond acceptors (Lipinski definition) is 2. The lowest BCUT2D eigenvalue weighted by atomic mass is 10.1. The fourth-order valence-corrected chi connectivity index (χ4v) is 2.35. The molecule has 0 aliphatic heterocycles. The number of likely N-dealkylation sites (N-methyl/N-ethyl adjacent to an activating group) is 1. The van der Waals surface area contributed by atoms with Crippen LogP contribution in [0.25, 0.3) is 0 Å². The molecule has 4 heteroatoms. The van der Waals surface area contributed by atoms with E-state index in [0.717, 1.165) is 12.0 Å². The van der Waals surface area contributed by atoms with E-state index in [0.29, 0.717) is 25.9 Å². The van der Waals surface area contributed by atoms with Crippen LogP contribution in [0.3, 0.4) is 0 Å². The van der Waals surface area contributed by atoms with Gasteiger partial charge in [-0.05, 0) is 25.3 Å². The summed E-state index contributed by atoms with van der Waals surface area (Å²) >= 11 is 0. The zero-order valence-electron chi connectivity index (χ0n) is 13.3. The Labute approximate surface area is 127 Å². The lowest BCUT2D eigenvalue weighted by molar-refractivity contribution is -0.141. The second-order valence-electron chi connectivity index (χ2n) is 5.08. The Balaban J connectivity index is 2.94. The first-order valence-electron chi connectivity index (χ1n) is 7.75. The van der Waals surface area contributed by atoms with Gasteiger partial charge in [0.2, 0.25) is 11.8 Å². The quantitative estimate of drug-likeness (QED) is 0.800. The van der Waals surface area contributed by atoms with E-state index in [1.165, 1.54) is 0 Å².